The summed E-state index contributed by atoms with van der Waals surface area (Å²) in [5.74, 6) is -0.148. The van der Waals surface area contributed by atoms with Gasteiger partial charge >= 0.3 is 0 Å². The van der Waals surface area contributed by atoms with Gasteiger partial charge in [0.05, 0.1) is 0 Å². The van der Waals surface area contributed by atoms with Gasteiger partial charge in [0.25, 0.3) is 5.91 Å². The van der Waals surface area contributed by atoms with Crippen LogP contribution in [-0.2, 0) is 0 Å². The third-order valence-electron chi connectivity index (χ3n) is 2.25. The Morgan fingerprint density at radius 3 is 2.53 bits per heavy atom. The molecule has 100 valence electrons. The molecule has 2 rings (SSSR count). The number of para-hydroxylation sites is 1. The van der Waals surface area contributed by atoms with E-state index < -0.39 is 0 Å². The molecule has 2 aromatic rings. The summed E-state index contributed by atoms with van der Waals surface area (Å²) in [6.07, 6.45) is 0. The topological polar surface area (TPSA) is 54.0 Å². The van der Waals surface area contributed by atoms with Crippen LogP contribution in [0.15, 0.2) is 35.7 Å². The van der Waals surface area contributed by atoms with Gasteiger partial charge in [0.2, 0.25) is 0 Å². The second-order valence-electron chi connectivity index (χ2n) is 5.23. The van der Waals surface area contributed by atoms with Crippen molar-refractivity contribution in [3.63, 3.8) is 0 Å². The fourth-order valence-electron chi connectivity index (χ4n) is 1.49. The fraction of sp³-hybridized carbons (Fsp3) is 0.286. The minimum absolute atomic E-state index is 0.148. The number of hydrogen-bond donors (Lipinski definition) is 2. The highest BCUT2D eigenvalue weighted by Gasteiger charge is 2.17. The van der Waals surface area contributed by atoms with Crippen LogP contribution in [0, 0.1) is 0 Å². The molecule has 4 nitrogen and oxygen atoms in total. The summed E-state index contributed by atoms with van der Waals surface area (Å²) in [7, 11) is 0. The Hall–Kier alpha value is -1.88. The maximum absolute atomic E-state index is 11.9. The predicted octanol–water partition coefficient (Wildman–Crippen LogP) is 3.42. The van der Waals surface area contributed by atoms with Crippen molar-refractivity contribution in [3.05, 3.63) is 41.4 Å². The molecule has 0 bridgehead atoms. The van der Waals surface area contributed by atoms with Crippen molar-refractivity contribution in [2.75, 3.05) is 5.32 Å². The van der Waals surface area contributed by atoms with Gasteiger partial charge in [-0.1, -0.05) is 18.2 Å². The van der Waals surface area contributed by atoms with E-state index in [1.807, 2.05) is 51.1 Å². The van der Waals surface area contributed by atoms with Crippen LogP contribution in [0.2, 0.25) is 0 Å². The van der Waals surface area contributed by atoms with Gasteiger partial charge in [-0.3, -0.25) is 4.79 Å². The molecule has 0 aliphatic heterocycles. The van der Waals surface area contributed by atoms with Crippen molar-refractivity contribution in [1.82, 2.24) is 10.3 Å². The molecule has 0 unspecified atom stereocenters. The van der Waals surface area contributed by atoms with Crippen molar-refractivity contribution < 1.29 is 4.79 Å². The van der Waals surface area contributed by atoms with Crippen molar-refractivity contribution >= 4 is 28.1 Å². The number of nitrogens with zero attached hydrogens (tertiary/aromatic N) is 1. The highest BCUT2D eigenvalue weighted by molar-refractivity contribution is 7.14. The number of thiazole rings is 1. The molecule has 0 atom stereocenters. The Morgan fingerprint density at radius 1 is 1.21 bits per heavy atom. The number of anilines is 2. The van der Waals surface area contributed by atoms with Gasteiger partial charge in [-0.25, -0.2) is 4.98 Å². The molecule has 1 heterocycles. The molecule has 1 aromatic heterocycles. The lowest BCUT2D eigenvalue weighted by Gasteiger charge is -2.19. The SMILES string of the molecule is CC(C)(C)NC(=O)c1csc(Nc2ccccc2)n1. The summed E-state index contributed by atoms with van der Waals surface area (Å²) in [5.41, 5.74) is 1.14. The van der Waals surface area contributed by atoms with Gasteiger partial charge in [-0.2, -0.15) is 0 Å². The fourth-order valence-corrected chi connectivity index (χ4v) is 2.20. The molecular weight excluding hydrogens is 258 g/mol. The smallest absolute Gasteiger partial charge is 0.271 e. The summed E-state index contributed by atoms with van der Waals surface area (Å²) in [4.78, 5) is 16.2. The molecule has 0 aliphatic rings. The van der Waals surface area contributed by atoms with E-state index >= 15 is 0 Å². The van der Waals surface area contributed by atoms with Crippen LogP contribution in [0.3, 0.4) is 0 Å². The van der Waals surface area contributed by atoms with Gasteiger partial charge in [0.1, 0.15) is 5.69 Å². The molecule has 1 amide bonds. The number of nitrogens with one attached hydrogen (secondary N) is 2. The Bertz CT molecular complexity index is 558. The quantitative estimate of drug-likeness (QED) is 0.902. The zero-order valence-electron chi connectivity index (χ0n) is 11.2. The van der Waals surface area contributed by atoms with Crippen molar-refractivity contribution in [1.29, 1.82) is 0 Å². The van der Waals surface area contributed by atoms with Gasteiger partial charge in [0, 0.05) is 16.6 Å². The molecule has 19 heavy (non-hydrogen) atoms. The van der Waals surface area contributed by atoms with Crippen LogP contribution >= 0.6 is 11.3 Å². The molecule has 0 aliphatic carbocycles. The van der Waals surface area contributed by atoms with E-state index in [0.717, 1.165) is 5.69 Å². The first-order valence-electron chi connectivity index (χ1n) is 6.04. The largest absolute Gasteiger partial charge is 0.346 e. The van der Waals surface area contributed by atoms with Crippen LogP contribution in [0.1, 0.15) is 31.3 Å². The standard InChI is InChI=1S/C14H17N3OS/c1-14(2,3)17-12(18)11-9-19-13(16-11)15-10-7-5-4-6-8-10/h4-9H,1-3H3,(H,15,16)(H,17,18). The Labute approximate surface area is 116 Å². The summed E-state index contributed by atoms with van der Waals surface area (Å²) in [5, 5.41) is 8.53. The number of hydrogen-bond acceptors (Lipinski definition) is 4. The normalized spacial score (nSPS) is 11.1. The summed E-state index contributed by atoms with van der Waals surface area (Å²) < 4.78 is 0. The molecule has 2 N–H and O–H groups in total. The first kappa shape index (κ1) is 13.5. The van der Waals surface area contributed by atoms with Gasteiger partial charge in [-0.15, -0.1) is 11.3 Å². The zero-order valence-corrected chi connectivity index (χ0v) is 12.0. The molecular formula is C14H17N3OS. The number of aromatic nitrogens is 1. The van der Waals surface area contributed by atoms with Gasteiger partial charge < -0.3 is 10.6 Å². The number of carbonyl (C=O) groups is 1. The lowest BCUT2D eigenvalue weighted by molar-refractivity contribution is 0.0915. The average molecular weight is 275 g/mol. The molecule has 0 saturated carbocycles. The third kappa shape index (κ3) is 4.06. The Morgan fingerprint density at radius 2 is 1.89 bits per heavy atom. The van der Waals surface area contributed by atoms with Crippen LogP contribution in [-0.4, -0.2) is 16.4 Å². The van der Waals surface area contributed by atoms with Crippen LogP contribution < -0.4 is 10.6 Å². The maximum Gasteiger partial charge on any atom is 0.271 e. The highest BCUT2D eigenvalue weighted by atomic mass is 32.1. The lowest BCUT2D eigenvalue weighted by Crippen LogP contribution is -2.40. The highest BCUT2D eigenvalue weighted by Crippen LogP contribution is 2.20. The van der Waals surface area contributed by atoms with E-state index in [1.54, 1.807) is 5.38 Å². The van der Waals surface area contributed by atoms with Crippen LogP contribution in [0.4, 0.5) is 10.8 Å². The zero-order chi connectivity index (χ0) is 13.9. The van der Waals surface area contributed by atoms with E-state index in [4.69, 9.17) is 0 Å². The average Bonchev–Trinajstić information content (AvgIpc) is 2.77. The second-order valence-corrected chi connectivity index (χ2v) is 6.09. The second kappa shape index (κ2) is 5.40. The van der Waals surface area contributed by atoms with Crippen molar-refractivity contribution in [2.24, 2.45) is 0 Å². The number of benzene rings is 1. The summed E-state index contributed by atoms with van der Waals surface area (Å²) in [6, 6.07) is 9.76. The maximum atomic E-state index is 11.9. The minimum atomic E-state index is -0.256. The van der Waals surface area contributed by atoms with Gasteiger partial charge in [0.15, 0.2) is 5.13 Å². The number of carbonyl (C=O) groups excluding carboxylic acids is 1. The van der Waals surface area contributed by atoms with E-state index in [-0.39, 0.29) is 11.4 Å². The molecule has 5 heteroatoms. The molecule has 0 radical (unpaired) electrons. The number of rotatable bonds is 3. The predicted molar refractivity (Wildman–Crippen MR) is 79.1 cm³/mol. The number of amides is 1. The molecule has 0 saturated heterocycles. The third-order valence-corrected chi connectivity index (χ3v) is 3.01. The molecule has 1 aromatic carbocycles. The van der Waals surface area contributed by atoms with Gasteiger partial charge in [-0.05, 0) is 32.9 Å². The Kier molecular flexibility index (Phi) is 3.85. The molecule has 0 spiro atoms. The minimum Gasteiger partial charge on any atom is -0.346 e. The van der Waals surface area contributed by atoms with E-state index in [0.29, 0.717) is 10.8 Å². The van der Waals surface area contributed by atoms with Crippen molar-refractivity contribution in [2.45, 2.75) is 26.3 Å². The van der Waals surface area contributed by atoms with Crippen LogP contribution in [0.5, 0.6) is 0 Å². The van der Waals surface area contributed by atoms with Crippen molar-refractivity contribution in [3.8, 4) is 0 Å². The van der Waals surface area contributed by atoms with Crippen LogP contribution in [0.25, 0.3) is 0 Å². The monoisotopic (exact) mass is 275 g/mol. The summed E-state index contributed by atoms with van der Waals surface area (Å²) >= 11 is 1.42. The summed E-state index contributed by atoms with van der Waals surface area (Å²) in [6.45, 7) is 5.83. The van der Waals surface area contributed by atoms with E-state index in [1.165, 1.54) is 11.3 Å². The first-order valence-corrected chi connectivity index (χ1v) is 6.92. The van der Waals surface area contributed by atoms with E-state index in [2.05, 4.69) is 15.6 Å². The lowest BCUT2D eigenvalue weighted by atomic mass is 10.1. The van der Waals surface area contributed by atoms with E-state index in [9.17, 15) is 4.79 Å². The molecule has 0 fully saturated rings. The first-order chi connectivity index (χ1) is 8.94. The Balaban J connectivity index is 2.05.